The van der Waals surface area contributed by atoms with Crippen LogP contribution in [0.15, 0.2) is 57.9 Å². The summed E-state index contributed by atoms with van der Waals surface area (Å²) in [5.74, 6) is -0.139. The molecule has 7 nitrogen and oxygen atoms in total. The van der Waals surface area contributed by atoms with Gasteiger partial charge < -0.3 is 10.1 Å². The van der Waals surface area contributed by atoms with Crippen LogP contribution in [0.3, 0.4) is 0 Å². The van der Waals surface area contributed by atoms with Crippen LogP contribution in [0.5, 0.6) is 0 Å². The molecule has 2 N–H and O–H groups in total. The van der Waals surface area contributed by atoms with Crippen molar-refractivity contribution in [2.75, 3.05) is 39.4 Å². The number of hydrogen-bond donors (Lipinski definition) is 2. The van der Waals surface area contributed by atoms with Crippen LogP contribution < -0.4 is 10.0 Å². The van der Waals surface area contributed by atoms with Crippen molar-refractivity contribution < 1.29 is 17.9 Å². The monoisotopic (exact) mass is 481 g/mol. The zero-order valence-electron chi connectivity index (χ0n) is 15.9. The van der Waals surface area contributed by atoms with Crippen molar-refractivity contribution in [3.05, 3.63) is 64.1 Å². The van der Waals surface area contributed by atoms with Crippen LogP contribution >= 0.6 is 15.9 Å². The number of rotatable bonds is 8. The normalized spacial score (nSPS) is 15.2. The van der Waals surface area contributed by atoms with Gasteiger partial charge in [0.05, 0.1) is 18.1 Å². The maximum atomic E-state index is 12.3. The Kier molecular flexibility index (Phi) is 7.79. The van der Waals surface area contributed by atoms with Gasteiger partial charge in [-0.25, -0.2) is 13.1 Å². The summed E-state index contributed by atoms with van der Waals surface area (Å²) in [5, 5.41) is 2.91. The van der Waals surface area contributed by atoms with Crippen LogP contribution in [0.4, 0.5) is 0 Å². The Morgan fingerprint density at radius 2 is 1.69 bits per heavy atom. The zero-order chi connectivity index (χ0) is 20.7. The van der Waals surface area contributed by atoms with E-state index in [4.69, 9.17) is 4.74 Å². The van der Waals surface area contributed by atoms with Crippen molar-refractivity contribution in [3.8, 4) is 0 Å². The van der Waals surface area contributed by atoms with Crippen molar-refractivity contribution >= 4 is 31.9 Å². The highest BCUT2D eigenvalue weighted by molar-refractivity contribution is 9.10. The lowest BCUT2D eigenvalue weighted by atomic mass is 10.1. The molecule has 1 saturated heterocycles. The fourth-order valence-corrected chi connectivity index (χ4v) is 4.19. The van der Waals surface area contributed by atoms with Crippen molar-refractivity contribution in [1.82, 2.24) is 14.9 Å². The number of nitrogens with zero attached hydrogens (tertiary/aromatic N) is 1. The highest BCUT2D eigenvalue weighted by Crippen LogP contribution is 2.15. The van der Waals surface area contributed by atoms with E-state index in [1.165, 1.54) is 12.1 Å². The number of halogens is 1. The first-order valence-corrected chi connectivity index (χ1v) is 11.6. The topological polar surface area (TPSA) is 87.7 Å². The first-order chi connectivity index (χ1) is 13.9. The summed E-state index contributed by atoms with van der Waals surface area (Å²) >= 11 is 3.29. The van der Waals surface area contributed by atoms with Gasteiger partial charge in [-0.15, -0.1) is 0 Å². The minimum Gasteiger partial charge on any atom is -0.379 e. The maximum Gasteiger partial charge on any atom is 0.251 e. The molecule has 1 aliphatic heterocycles. The van der Waals surface area contributed by atoms with Crippen LogP contribution in [-0.2, 0) is 21.3 Å². The molecule has 0 bridgehead atoms. The van der Waals surface area contributed by atoms with Crippen molar-refractivity contribution in [2.45, 2.75) is 11.4 Å². The van der Waals surface area contributed by atoms with Gasteiger partial charge in [0.25, 0.3) is 5.91 Å². The number of morpholine rings is 1. The molecule has 0 radical (unpaired) electrons. The zero-order valence-corrected chi connectivity index (χ0v) is 18.3. The molecule has 156 valence electrons. The van der Waals surface area contributed by atoms with Gasteiger partial charge in [0.1, 0.15) is 0 Å². The SMILES string of the molecule is O=C(NCCN1CCOCC1)c1ccc(CNS(=O)(=O)c2ccc(Br)cc2)cc1. The Morgan fingerprint density at radius 1 is 1.03 bits per heavy atom. The summed E-state index contributed by atoms with van der Waals surface area (Å²) in [6, 6.07) is 13.3. The molecule has 2 aromatic carbocycles. The highest BCUT2D eigenvalue weighted by atomic mass is 79.9. The van der Waals surface area contributed by atoms with E-state index in [1.807, 2.05) is 0 Å². The lowest BCUT2D eigenvalue weighted by Gasteiger charge is -2.26. The lowest BCUT2D eigenvalue weighted by molar-refractivity contribution is 0.0383. The van der Waals surface area contributed by atoms with Gasteiger partial charge in [-0.05, 0) is 42.0 Å². The van der Waals surface area contributed by atoms with E-state index in [1.54, 1.807) is 36.4 Å². The minimum absolute atomic E-state index is 0.139. The van der Waals surface area contributed by atoms with E-state index in [2.05, 4.69) is 30.9 Å². The van der Waals surface area contributed by atoms with E-state index in [9.17, 15) is 13.2 Å². The van der Waals surface area contributed by atoms with Crippen LogP contribution in [0.25, 0.3) is 0 Å². The van der Waals surface area contributed by atoms with E-state index in [-0.39, 0.29) is 17.3 Å². The number of benzene rings is 2. The number of carbonyl (C=O) groups excluding carboxylic acids is 1. The number of carbonyl (C=O) groups is 1. The van der Waals surface area contributed by atoms with Crippen LogP contribution in [0.2, 0.25) is 0 Å². The first-order valence-electron chi connectivity index (χ1n) is 9.36. The number of amides is 1. The smallest absolute Gasteiger partial charge is 0.251 e. The fourth-order valence-electron chi connectivity index (χ4n) is 2.90. The number of ether oxygens (including phenoxy) is 1. The quantitative estimate of drug-likeness (QED) is 0.601. The van der Waals surface area contributed by atoms with Crippen molar-refractivity contribution in [2.24, 2.45) is 0 Å². The van der Waals surface area contributed by atoms with Crippen molar-refractivity contribution in [1.29, 1.82) is 0 Å². The van der Waals surface area contributed by atoms with Gasteiger partial charge in [0.2, 0.25) is 10.0 Å². The predicted molar refractivity (Wildman–Crippen MR) is 114 cm³/mol. The molecule has 0 unspecified atom stereocenters. The van der Waals surface area contributed by atoms with Gasteiger partial charge in [-0.1, -0.05) is 28.1 Å². The number of sulfonamides is 1. The average Bonchev–Trinajstić information content (AvgIpc) is 2.74. The molecule has 1 aliphatic rings. The van der Waals surface area contributed by atoms with Gasteiger partial charge in [-0.2, -0.15) is 0 Å². The summed E-state index contributed by atoms with van der Waals surface area (Å²) in [7, 11) is -3.59. The van der Waals surface area contributed by atoms with Gasteiger partial charge in [0.15, 0.2) is 0 Å². The number of hydrogen-bond acceptors (Lipinski definition) is 5. The summed E-state index contributed by atoms with van der Waals surface area (Å²) in [6.07, 6.45) is 0. The average molecular weight is 482 g/mol. The molecule has 0 aliphatic carbocycles. The molecular formula is C20H24BrN3O4S. The predicted octanol–water partition coefficient (Wildman–Crippen LogP) is 1.99. The molecule has 29 heavy (non-hydrogen) atoms. The molecule has 9 heteroatoms. The third-order valence-electron chi connectivity index (χ3n) is 4.62. The highest BCUT2D eigenvalue weighted by Gasteiger charge is 2.14. The Hall–Kier alpha value is -1.78. The Balaban J connectivity index is 1.47. The van der Waals surface area contributed by atoms with E-state index < -0.39 is 10.0 Å². The maximum absolute atomic E-state index is 12.3. The molecule has 0 atom stereocenters. The van der Waals surface area contributed by atoms with Crippen LogP contribution in [0, 0.1) is 0 Å². The first kappa shape index (κ1) is 21.9. The van der Waals surface area contributed by atoms with Crippen LogP contribution in [-0.4, -0.2) is 58.6 Å². The Bertz CT molecular complexity index is 912. The molecule has 2 aromatic rings. The van der Waals surface area contributed by atoms with E-state index in [0.29, 0.717) is 12.1 Å². The lowest BCUT2D eigenvalue weighted by Crippen LogP contribution is -2.41. The largest absolute Gasteiger partial charge is 0.379 e. The van der Waals surface area contributed by atoms with E-state index >= 15 is 0 Å². The standard InChI is InChI=1S/C20H24BrN3O4S/c21-18-5-7-19(8-6-18)29(26,27)23-15-16-1-3-17(4-2-16)20(25)22-9-10-24-11-13-28-14-12-24/h1-8,23H,9-15H2,(H,22,25). The summed E-state index contributed by atoms with van der Waals surface area (Å²) in [6.45, 7) is 4.78. The molecule has 1 heterocycles. The molecular weight excluding hydrogens is 458 g/mol. The molecule has 0 spiro atoms. The number of nitrogens with one attached hydrogen (secondary N) is 2. The summed E-state index contributed by atoms with van der Waals surface area (Å²) in [4.78, 5) is 14.7. The summed E-state index contributed by atoms with van der Waals surface area (Å²) < 4.78 is 33.4. The molecule has 3 rings (SSSR count). The van der Waals surface area contributed by atoms with E-state index in [0.717, 1.165) is 42.9 Å². The second-order valence-corrected chi connectivity index (χ2v) is 9.37. The van der Waals surface area contributed by atoms with Gasteiger partial charge >= 0.3 is 0 Å². The minimum atomic E-state index is -3.59. The second-order valence-electron chi connectivity index (χ2n) is 6.69. The molecule has 0 aromatic heterocycles. The third-order valence-corrected chi connectivity index (χ3v) is 6.57. The Labute approximate surface area is 179 Å². The molecule has 1 amide bonds. The van der Waals surface area contributed by atoms with Gasteiger partial charge in [0, 0.05) is 42.8 Å². The molecule has 1 fully saturated rings. The summed E-state index contributed by atoms with van der Waals surface area (Å²) in [5.41, 5.74) is 1.32. The third kappa shape index (κ3) is 6.61. The Morgan fingerprint density at radius 3 is 2.34 bits per heavy atom. The second kappa shape index (κ2) is 10.3. The van der Waals surface area contributed by atoms with Crippen molar-refractivity contribution in [3.63, 3.8) is 0 Å². The van der Waals surface area contributed by atoms with Gasteiger partial charge in [-0.3, -0.25) is 9.69 Å². The molecule has 0 saturated carbocycles. The van der Waals surface area contributed by atoms with Crippen LogP contribution in [0.1, 0.15) is 15.9 Å². The fraction of sp³-hybridized carbons (Fsp3) is 0.350.